The first-order valence-electron chi connectivity index (χ1n) is 8.01. The Bertz CT molecular complexity index is 751. The molecule has 1 aromatic heterocycles. The third-order valence-corrected chi connectivity index (χ3v) is 4.49. The lowest BCUT2D eigenvalue weighted by molar-refractivity contribution is -0.123. The van der Waals surface area contributed by atoms with Crippen molar-refractivity contribution in [2.75, 3.05) is 5.32 Å². The number of rotatable bonds is 5. The van der Waals surface area contributed by atoms with Gasteiger partial charge in [-0.1, -0.05) is 24.6 Å². The molecule has 0 radical (unpaired) electrons. The van der Waals surface area contributed by atoms with Gasteiger partial charge in [-0.05, 0) is 42.7 Å². The molecule has 5 nitrogen and oxygen atoms in total. The summed E-state index contributed by atoms with van der Waals surface area (Å²) in [7, 11) is 0. The van der Waals surface area contributed by atoms with E-state index in [-0.39, 0.29) is 11.9 Å². The summed E-state index contributed by atoms with van der Waals surface area (Å²) < 4.78 is 5.80. The minimum absolute atomic E-state index is 0.0868. The van der Waals surface area contributed by atoms with Crippen molar-refractivity contribution >= 4 is 23.2 Å². The number of carbonyl (C=O) groups excluding carboxylic acids is 1. The van der Waals surface area contributed by atoms with Crippen LogP contribution < -0.4 is 15.4 Å². The molecule has 3 rings (SSSR count). The fourth-order valence-electron chi connectivity index (χ4n) is 2.63. The summed E-state index contributed by atoms with van der Waals surface area (Å²) in [5, 5.41) is 6.98. The van der Waals surface area contributed by atoms with Crippen LogP contribution in [0.3, 0.4) is 0 Å². The van der Waals surface area contributed by atoms with Crippen molar-refractivity contribution in [3.05, 3.63) is 52.8 Å². The maximum absolute atomic E-state index is 11.8. The van der Waals surface area contributed by atoms with Crippen LogP contribution in [-0.2, 0) is 11.3 Å². The number of fused-ring (bicyclic) bond motifs is 1. The molecule has 2 atom stereocenters. The fraction of sp³-hybridized carbons (Fsp3) is 0.333. The quantitative estimate of drug-likeness (QED) is 0.867. The molecule has 126 valence electrons. The highest BCUT2D eigenvalue weighted by Crippen LogP contribution is 2.33. The van der Waals surface area contributed by atoms with Gasteiger partial charge in [0.15, 0.2) is 6.10 Å². The first-order valence-corrected chi connectivity index (χ1v) is 8.39. The lowest BCUT2D eigenvalue weighted by atomic mass is 10.1. The molecule has 0 fully saturated rings. The number of nitrogens with zero attached hydrogens (tertiary/aromatic N) is 1. The summed E-state index contributed by atoms with van der Waals surface area (Å²) in [6, 6.07) is 7.86. The zero-order chi connectivity index (χ0) is 17.1. The SMILES string of the molecule is CC[C@H]1Oc2cc([C@H](C)NCc3ccncc3Cl)ccc2NC1=O. The number of benzene rings is 1. The van der Waals surface area contributed by atoms with Crippen molar-refractivity contribution in [1.82, 2.24) is 10.3 Å². The van der Waals surface area contributed by atoms with E-state index >= 15 is 0 Å². The molecular weight excluding hydrogens is 326 g/mol. The number of hydrogen-bond acceptors (Lipinski definition) is 4. The minimum atomic E-state index is -0.424. The zero-order valence-electron chi connectivity index (χ0n) is 13.7. The molecule has 1 aromatic carbocycles. The van der Waals surface area contributed by atoms with Crippen molar-refractivity contribution in [3.8, 4) is 5.75 Å². The Labute approximate surface area is 146 Å². The highest BCUT2D eigenvalue weighted by atomic mass is 35.5. The Hall–Kier alpha value is -2.11. The highest BCUT2D eigenvalue weighted by Gasteiger charge is 2.26. The Morgan fingerprint density at radius 3 is 3.00 bits per heavy atom. The second kappa shape index (κ2) is 7.20. The monoisotopic (exact) mass is 345 g/mol. The van der Waals surface area contributed by atoms with Gasteiger partial charge in [0.1, 0.15) is 5.75 Å². The van der Waals surface area contributed by atoms with Crippen molar-refractivity contribution in [3.63, 3.8) is 0 Å². The maximum atomic E-state index is 11.8. The third kappa shape index (κ3) is 3.52. The van der Waals surface area contributed by atoms with Crippen LogP contribution in [0.15, 0.2) is 36.7 Å². The lowest BCUT2D eigenvalue weighted by Crippen LogP contribution is -2.36. The Balaban J connectivity index is 1.71. The molecular formula is C18H20ClN3O2. The van der Waals surface area contributed by atoms with Gasteiger partial charge in [0.05, 0.1) is 10.7 Å². The summed E-state index contributed by atoms with van der Waals surface area (Å²) in [5.74, 6) is 0.630. The van der Waals surface area contributed by atoms with Crippen molar-refractivity contribution in [2.24, 2.45) is 0 Å². The van der Waals surface area contributed by atoms with E-state index in [1.54, 1.807) is 12.4 Å². The van der Waals surface area contributed by atoms with Crippen LogP contribution in [0.1, 0.15) is 37.4 Å². The predicted molar refractivity (Wildman–Crippen MR) is 94.3 cm³/mol. The first-order chi connectivity index (χ1) is 11.6. The Morgan fingerprint density at radius 1 is 1.42 bits per heavy atom. The Morgan fingerprint density at radius 2 is 2.25 bits per heavy atom. The predicted octanol–water partition coefficient (Wildman–Crippen LogP) is 3.70. The average Bonchev–Trinajstić information content (AvgIpc) is 2.59. The van der Waals surface area contributed by atoms with E-state index in [2.05, 4.69) is 22.5 Å². The second-order valence-electron chi connectivity index (χ2n) is 5.83. The lowest BCUT2D eigenvalue weighted by Gasteiger charge is -2.26. The second-order valence-corrected chi connectivity index (χ2v) is 6.24. The van der Waals surface area contributed by atoms with Gasteiger partial charge in [-0.2, -0.15) is 0 Å². The number of amides is 1. The number of aromatic nitrogens is 1. The van der Waals surface area contributed by atoms with E-state index in [9.17, 15) is 4.79 Å². The Kier molecular flexibility index (Phi) is 5.02. The summed E-state index contributed by atoms with van der Waals surface area (Å²) in [6.45, 7) is 4.66. The number of pyridine rings is 1. The number of hydrogen-bond donors (Lipinski definition) is 2. The van der Waals surface area contributed by atoms with Crippen LogP contribution >= 0.6 is 11.6 Å². The molecule has 6 heteroatoms. The normalized spacial score (nSPS) is 17.6. The van der Waals surface area contributed by atoms with Crippen LogP contribution in [0.25, 0.3) is 0 Å². The van der Waals surface area contributed by atoms with E-state index in [1.165, 1.54) is 0 Å². The summed E-state index contributed by atoms with van der Waals surface area (Å²) in [5.41, 5.74) is 2.81. The molecule has 1 aliphatic heterocycles. The van der Waals surface area contributed by atoms with E-state index in [4.69, 9.17) is 16.3 Å². The maximum Gasteiger partial charge on any atom is 0.265 e. The molecule has 1 aliphatic rings. The van der Waals surface area contributed by atoms with Gasteiger partial charge in [-0.25, -0.2) is 0 Å². The fourth-order valence-corrected chi connectivity index (χ4v) is 2.81. The van der Waals surface area contributed by atoms with Crippen molar-refractivity contribution in [2.45, 2.75) is 39.0 Å². The van der Waals surface area contributed by atoms with Gasteiger partial charge < -0.3 is 15.4 Å². The van der Waals surface area contributed by atoms with Gasteiger partial charge in [0.25, 0.3) is 5.91 Å². The highest BCUT2D eigenvalue weighted by molar-refractivity contribution is 6.31. The minimum Gasteiger partial charge on any atom is -0.478 e. The number of anilines is 1. The topological polar surface area (TPSA) is 63.2 Å². The number of carbonyl (C=O) groups is 1. The van der Waals surface area contributed by atoms with E-state index in [0.29, 0.717) is 18.0 Å². The molecule has 1 amide bonds. The molecule has 0 spiro atoms. The molecule has 0 unspecified atom stereocenters. The molecule has 0 saturated heterocycles. The molecule has 0 aliphatic carbocycles. The summed E-state index contributed by atoms with van der Waals surface area (Å²) in [6.07, 6.45) is 3.59. The van der Waals surface area contributed by atoms with Crippen LogP contribution in [-0.4, -0.2) is 17.0 Å². The summed E-state index contributed by atoms with van der Waals surface area (Å²) in [4.78, 5) is 15.8. The van der Waals surface area contributed by atoms with Crippen LogP contribution in [0.2, 0.25) is 5.02 Å². The largest absolute Gasteiger partial charge is 0.478 e. The van der Waals surface area contributed by atoms with Gasteiger partial charge in [-0.15, -0.1) is 0 Å². The molecule has 2 aromatic rings. The smallest absolute Gasteiger partial charge is 0.265 e. The number of ether oxygens (including phenoxy) is 1. The van der Waals surface area contributed by atoms with Gasteiger partial charge >= 0.3 is 0 Å². The van der Waals surface area contributed by atoms with Gasteiger partial charge in [0.2, 0.25) is 0 Å². The third-order valence-electron chi connectivity index (χ3n) is 4.15. The van der Waals surface area contributed by atoms with Gasteiger partial charge in [-0.3, -0.25) is 9.78 Å². The van der Waals surface area contributed by atoms with E-state index < -0.39 is 6.10 Å². The average molecular weight is 346 g/mol. The molecule has 0 bridgehead atoms. The van der Waals surface area contributed by atoms with Crippen LogP contribution in [0.5, 0.6) is 5.75 Å². The summed E-state index contributed by atoms with van der Waals surface area (Å²) >= 11 is 6.13. The van der Waals surface area contributed by atoms with Crippen LogP contribution in [0, 0.1) is 0 Å². The van der Waals surface area contributed by atoms with Crippen molar-refractivity contribution < 1.29 is 9.53 Å². The number of halogens is 1. The zero-order valence-corrected chi connectivity index (χ0v) is 14.4. The molecule has 2 heterocycles. The van der Waals surface area contributed by atoms with Crippen molar-refractivity contribution in [1.29, 1.82) is 0 Å². The molecule has 2 N–H and O–H groups in total. The van der Waals surface area contributed by atoms with Gasteiger partial charge in [0, 0.05) is 25.0 Å². The first kappa shape index (κ1) is 16.7. The van der Waals surface area contributed by atoms with E-state index in [0.717, 1.165) is 22.6 Å². The molecule has 0 saturated carbocycles. The molecule has 24 heavy (non-hydrogen) atoms. The standard InChI is InChI=1S/C18H20ClN3O2/c1-3-16-18(23)22-15-5-4-12(8-17(15)24-16)11(2)21-9-13-6-7-20-10-14(13)19/h4-8,10-11,16,21H,3,9H2,1-2H3,(H,22,23)/t11-,16+/m0/s1. The van der Waals surface area contributed by atoms with E-state index in [1.807, 2.05) is 31.2 Å². The van der Waals surface area contributed by atoms with Crippen LogP contribution in [0.4, 0.5) is 5.69 Å². The number of nitrogens with one attached hydrogen (secondary N) is 2.